The van der Waals surface area contributed by atoms with Crippen LogP contribution >= 0.6 is 11.6 Å². The average Bonchev–Trinajstić information content (AvgIpc) is 2.16. The fourth-order valence-electron chi connectivity index (χ4n) is 1.42. The van der Waals surface area contributed by atoms with Gasteiger partial charge in [-0.05, 0) is 19.3 Å². The van der Waals surface area contributed by atoms with Gasteiger partial charge in [-0.15, -0.1) is 11.6 Å². The van der Waals surface area contributed by atoms with Crippen molar-refractivity contribution in [3.8, 4) is 0 Å². The summed E-state index contributed by atoms with van der Waals surface area (Å²) in [6, 6.07) is 0.593. The Kier molecular flexibility index (Phi) is 7.78. The van der Waals surface area contributed by atoms with Gasteiger partial charge in [0.1, 0.15) is 0 Å². The van der Waals surface area contributed by atoms with Crippen LogP contribution in [0.2, 0.25) is 0 Å². The molecule has 0 amide bonds. The van der Waals surface area contributed by atoms with Crippen molar-refractivity contribution in [2.75, 3.05) is 6.54 Å². The summed E-state index contributed by atoms with van der Waals surface area (Å²) >= 11 is 6.29. The summed E-state index contributed by atoms with van der Waals surface area (Å²) in [6.07, 6.45) is 3.55. The van der Waals surface area contributed by atoms with Gasteiger partial charge in [0, 0.05) is 18.0 Å². The maximum atomic E-state index is 6.29. The number of alkyl halides is 1. The van der Waals surface area contributed by atoms with Crippen molar-refractivity contribution in [3.05, 3.63) is 0 Å². The number of halogens is 1. The monoisotopic (exact) mass is 205 g/mol. The van der Waals surface area contributed by atoms with Crippen LogP contribution in [0.3, 0.4) is 0 Å². The minimum absolute atomic E-state index is 0.295. The zero-order chi connectivity index (χ0) is 10.3. The van der Waals surface area contributed by atoms with Crippen LogP contribution in [-0.4, -0.2) is 18.0 Å². The molecule has 80 valence electrons. The van der Waals surface area contributed by atoms with Crippen LogP contribution in [0.4, 0.5) is 0 Å². The Morgan fingerprint density at radius 3 is 2.00 bits per heavy atom. The number of nitrogens with one attached hydrogen (secondary N) is 1. The average molecular weight is 206 g/mol. The van der Waals surface area contributed by atoms with Crippen molar-refractivity contribution in [2.45, 2.75) is 58.4 Å². The summed E-state index contributed by atoms with van der Waals surface area (Å²) < 4.78 is 0. The minimum atomic E-state index is 0.295. The molecule has 1 N–H and O–H groups in total. The Hall–Kier alpha value is 0.250. The van der Waals surface area contributed by atoms with Crippen molar-refractivity contribution in [3.63, 3.8) is 0 Å². The Labute approximate surface area is 88.2 Å². The highest BCUT2D eigenvalue weighted by Crippen LogP contribution is 2.17. The van der Waals surface area contributed by atoms with Gasteiger partial charge in [-0.2, -0.15) is 0 Å². The molecular weight excluding hydrogens is 182 g/mol. The van der Waals surface area contributed by atoms with Gasteiger partial charge >= 0.3 is 0 Å². The third-order valence-electron chi connectivity index (χ3n) is 2.83. The van der Waals surface area contributed by atoms with E-state index in [1.807, 2.05) is 0 Å². The van der Waals surface area contributed by atoms with Gasteiger partial charge in [-0.25, -0.2) is 0 Å². The predicted octanol–water partition coefficient (Wildman–Crippen LogP) is 3.42. The standard InChI is InChI=1S/C11H24ClN/c1-5-9(4)13-8-11(12)10(6-2)7-3/h9-11,13H,5-8H2,1-4H3. The highest BCUT2D eigenvalue weighted by molar-refractivity contribution is 6.21. The summed E-state index contributed by atoms with van der Waals surface area (Å²) in [5, 5.41) is 3.74. The molecule has 0 fully saturated rings. The molecule has 0 aromatic rings. The number of hydrogen-bond donors (Lipinski definition) is 1. The summed E-state index contributed by atoms with van der Waals surface area (Å²) in [7, 11) is 0. The molecule has 0 aromatic carbocycles. The normalized spacial score (nSPS) is 16.2. The smallest absolute Gasteiger partial charge is 0.0488 e. The Morgan fingerprint density at radius 1 is 1.08 bits per heavy atom. The molecule has 2 heteroatoms. The lowest BCUT2D eigenvalue weighted by atomic mass is 9.99. The van der Waals surface area contributed by atoms with E-state index in [9.17, 15) is 0 Å². The van der Waals surface area contributed by atoms with Gasteiger partial charge < -0.3 is 5.32 Å². The Balaban J connectivity index is 3.65. The summed E-state index contributed by atoms with van der Waals surface area (Å²) in [6.45, 7) is 9.77. The van der Waals surface area contributed by atoms with E-state index in [-0.39, 0.29) is 0 Å². The molecule has 0 aliphatic carbocycles. The van der Waals surface area contributed by atoms with Crippen LogP contribution in [0, 0.1) is 5.92 Å². The molecule has 13 heavy (non-hydrogen) atoms. The zero-order valence-electron chi connectivity index (χ0n) is 9.44. The molecule has 1 nitrogen and oxygen atoms in total. The second-order valence-electron chi connectivity index (χ2n) is 3.81. The van der Waals surface area contributed by atoms with E-state index in [0.717, 1.165) is 6.54 Å². The van der Waals surface area contributed by atoms with Crippen LogP contribution in [-0.2, 0) is 0 Å². The molecule has 0 saturated carbocycles. The van der Waals surface area contributed by atoms with E-state index in [1.165, 1.54) is 19.3 Å². The molecule has 2 unspecified atom stereocenters. The van der Waals surface area contributed by atoms with E-state index in [4.69, 9.17) is 11.6 Å². The second-order valence-corrected chi connectivity index (χ2v) is 4.37. The summed E-state index contributed by atoms with van der Waals surface area (Å²) in [4.78, 5) is 0. The lowest BCUT2D eigenvalue weighted by molar-refractivity contribution is 0.424. The lowest BCUT2D eigenvalue weighted by Gasteiger charge is -2.21. The Bertz CT molecular complexity index is 113. The van der Waals surface area contributed by atoms with Crippen LogP contribution in [0.25, 0.3) is 0 Å². The zero-order valence-corrected chi connectivity index (χ0v) is 10.2. The number of rotatable bonds is 7. The van der Waals surface area contributed by atoms with E-state index in [2.05, 4.69) is 33.0 Å². The van der Waals surface area contributed by atoms with E-state index in [0.29, 0.717) is 17.3 Å². The molecule has 0 spiro atoms. The van der Waals surface area contributed by atoms with Crippen molar-refractivity contribution in [1.29, 1.82) is 0 Å². The maximum absolute atomic E-state index is 6.29. The van der Waals surface area contributed by atoms with E-state index >= 15 is 0 Å². The van der Waals surface area contributed by atoms with Crippen molar-refractivity contribution in [1.82, 2.24) is 5.32 Å². The fourth-order valence-corrected chi connectivity index (χ4v) is 1.87. The molecule has 0 rings (SSSR count). The van der Waals surface area contributed by atoms with Gasteiger partial charge in [-0.1, -0.05) is 33.6 Å². The molecule has 0 aliphatic heterocycles. The van der Waals surface area contributed by atoms with E-state index in [1.54, 1.807) is 0 Å². The molecular formula is C11H24ClN. The van der Waals surface area contributed by atoms with Gasteiger partial charge in [0.15, 0.2) is 0 Å². The van der Waals surface area contributed by atoms with E-state index < -0.39 is 0 Å². The van der Waals surface area contributed by atoms with Crippen LogP contribution < -0.4 is 5.32 Å². The van der Waals surface area contributed by atoms with Gasteiger partial charge in [0.25, 0.3) is 0 Å². The fraction of sp³-hybridized carbons (Fsp3) is 1.00. The van der Waals surface area contributed by atoms with Crippen LogP contribution in [0.5, 0.6) is 0 Å². The maximum Gasteiger partial charge on any atom is 0.0488 e. The van der Waals surface area contributed by atoms with Crippen LogP contribution in [0.15, 0.2) is 0 Å². The lowest BCUT2D eigenvalue weighted by Crippen LogP contribution is -2.34. The molecule has 0 heterocycles. The van der Waals surface area contributed by atoms with Gasteiger partial charge in [0.05, 0.1) is 0 Å². The van der Waals surface area contributed by atoms with Crippen molar-refractivity contribution >= 4 is 11.6 Å². The quantitative estimate of drug-likeness (QED) is 0.629. The minimum Gasteiger partial charge on any atom is -0.313 e. The first-order chi connectivity index (χ1) is 6.15. The molecule has 0 aromatic heterocycles. The molecule has 0 radical (unpaired) electrons. The SMILES string of the molecule is CCC(C)NCC(Cl)C(CC)CC. The third-order valence-corrected chi connectivity index (χ3v) is 3.34. The highest BCUT2D eigenvalue weighted by Gasteiger charge is 2.15. The second kappa shape index (κ2) is 7.64. The van der Waals surface area contributed by atoms with Crippen molar-refractivity contribution < 1.29 is 0 Å². The molecule has 0 saturated heterocycles. The Morgan fingerprint density at radius 2 is 1.62 bits per heavy atom. The first kappa shape index (κ1) is 13.2. The van der Waals surface area contributed by atoms with Crippen molar-refractivity contribution in [2.24, 2.45) is 5.92 Å². The summed E-state index contributed by atoms with van der Waals surface area (Å²) in [5.74, 6) is 0.665. The first-order valence-corrected chi connectivity index (χ1v) is 5.96. The predicted molar refractivity (Wildman–Crippen MR) is 61.5 cm³/mol. The molecule has 0 bridgehead atoms. The van der Waals surface area contributed by atoms with Crippen LogP contribution in [0.1, 0.15) is 47.0 Å². The topological polar surface area (TPSA) is 12.0 Å². The third kappa shape index (κ3) is 5.53. The molecule has 2 atom stereocenters. The largest absolute Gasteiger partial charge is 0.313 e. The van der Waals surface area contributed by atoms with Gasteiger partial charge in [-0.3, -0.25) is 0 Å². The molecule has 0 aliphatic rings. The first-order valence-electron chi connectivity index (χ1n) is 5.53. The van der Waals surface area contributed by atoms with Gasteiger partial charge in [0.2, 0.25) is 0 Å². The highest BCUT2D eigenvalue weighted by atomic mass is 35.5. The summed E-state index contributed by atoms with van der Waals surface area (Å²) in [5.41, 5.74) is 0. The number of hydrogen-bond acceptors (Lipinski definition) is 1.